The molecule has 0 aliphatic carbocycles. The van der Waals surface area contributed by atoms with Gasteiger partial charge in [0.2, 0.25) is 6.41 Å². The van der Waals surface area contributed by atoms with Gasteiger partial charge in [-0.15, -0.1) is 0 Å². The van der Waals surface area contributed by atoms with Gasteiger partial charge in [0.05, 0.1) is 0 Å². The molecule has 2 heterocycles. The number of fused-ring (bicyclic) bond motifs is 1. The van der Waals surface area contributed by atoms with E-state index in [2.05, 4.69) is 17.4 Å². The highest BCUT2D eigenvalue weighted by molar-refractivity contribution is 5.98. The lowest BCUT2D eigenvalue weighted by molar-refractivity contribution is -0.105. The van der Waals surface area contributed by atoms with Crippen LogP contribution in [0.25, 0.3) is 0 Å². The number of benzene rings is 2. The normalized spacial score (nSPS) is 16.7. The number of nitrogens with one attached hydrogen (secondary N) is 1. The number of hydrogen-bond acceptors (Lipinski definition) is 3. The number of carbonyl (C=O) groups excluding carboxylic acids is 3. The Morgan fingerprint density at radius 3 is 2.62 bits per heavy atom. The summed E-state index contributed by atoms with van der Waals surface area (Å²) in [5.74, 6) is 0.489. The maximum Gasteiger partial charge on any atom is 0.254 e. The summed E-state index contributed by atoms with van der Waals surface area (Å²) >= 11 is 0. The van der Waals surface area contributed by atoms with Crippen molar-refractivity contribution in [2.24, 2.45) is 0 Å². The van der Waals surface area contributed by atoms with Crippen molar-refractivity contribution in [3.05, 3.63) is 64.2 Å². The Morgan fingerprint density at radius 2 is 1.90 bits per heavy atom. The van der Waals surface area contributed by atoms with Gasteiger partial charge in [0, 0.05) is 43.5 Å². The van der Waals surface area contributed by atoms with Gasteiger partial charge in [-0.3, -0.25) is 14.4 Å². The van der Waals surface area contributed by atoms with Crippen LogP contribution in [0.2, 0.25) is 0 Å². The monoisotopic (exact) mass is 391 g/mol. The number of hydrogen-bond donors (Lipinski definition) is 1. The third-order valence-electron chi connectivity index (χ3n) is 6.07. The second kappa shape index (κ2) is 7.70. The predicted octanol–water partition coefficient (Wildman–Crippen LogP) is 3.17. The van der Waals surface area contributed by atoms with Crippen LogP contribution in [0.3, 0.4) is 0 Å². The van der Waals surface area contributed by atoms with Gasteiger partial charge in [-0.1, -0.05) is 18.2 Å². The van der Waals surface area contributed by atoms with Gasteiger partial charge < -0.3 is 15.1 Å². The molecule has 2 aliphatic rings. The number of nitrogens with zero attached hydrogens (tertiary/aromatic N) is 2. The van der Waals surface area contributed by atoms with Gasteiger partial charge in [-0.25, -0.2) is 0 Å². The van der Waals surface area contributed by atoms with Gasteiger partial charge in [-0.05, 0) is 60.6 Å². The first-order valence-corrected chi connectivity index (χ1v) is 9.96. The number of aryl methyl sites for hydroxylation is 1. The Bertz CT molecular complexity index is 977. The first kappa shape index (κ1) is 19.2. The number of carbonyl (C=O) groups is 3. The molecule has 1 saturated heterocycles. The lowest BCUT2D eigenvalue weighted by Crippen LogP contribution is -2.38. The zero-order valence-electron chi connectivity index (χ0n) is 16.8. The van der Waals surface area contributed by atoms with Crippen molar-refractivity contribution >= 4 is 23.9 Å². The largest absolute Gasteiger partial charge is 0.339 e. The van der Waals surface area contributed by atoms with E-state index in [0.29, 0.717) is 43.2 Å². The number of likely N-dealkylation sites (tertiary alicyclic amines) is 1. The molecule has 0 atom stereocenters. The van der Waals surface area contributed by atoms with Crippen molar-refractivity contribution in [3.63, 3.8) is 0 Å². The Hall–Kier alpha value is -3.15. The zero-order valence-corrected chi connectivity index (χ0v) is 16.8. The minimum absolute atomic E-state index is 0.00132. The van der Waals surface area contributed by atoms with Crippen molar-refractivity contribution < 1.29 is 14.4 Å². The molecular weight excluding hydrogens is 366 g/mol. The molecule has 6 nitrogen and oxygen atoms in total. The van der Waals surface area contributed by atoms with E-state index in [-0.39, 0.29) is 11.8 Å². The van der Waals surface area contributed by atoms with E-state index in [9.17, 15) is 14.4 Å². The van der Waals surface area contributed by atoms with E-state index >= 15 is 0 Å². The fraction of sp³-hybridized carbons (Fsp3) is 0.348. The minimum atomic E-state index is -0.00132. The lowest BCUT2D eigenvalue weighted by atomic mass is 9.87. The fourth-order valence-electron chi connectivity index (χ4n) is 4.31. The SMILES string of the molecule is Cc1ccc(C(=O)N2CCC(c3ccc4c(c3)CN(C)C4=O)CC2)cc1NC=O. The lowest BCUT2D eigenvalue weighted by Gasteiger charge is -2.32. The van der Waals surface area contributed by atoms with E-state index in [1.54, 1.807) is 11.0 Å². The summed E-state index contributed by atoms with van der Waals surface area (Å²) in [5, 5.41) is 2.65. The maximum atomic E-state index is 12.9. The Labute approximate surface area is 170 Å². The molecule has 0 unspecified atom stereocenters. The highest BCUT2D eigenvalue weighted by Crippen LogP contribution is 2.32. The Balaban J connectivity index is 1.43. The zero-order chi connectivity index (χ0) is 20.5. The molecule has 150 valence electrons. The van der Waals surface area contributed by atoms with Gasteiger partial charge in [-0.2, -0.15) is 0 Å². The molecule has 1 N–H and O–H groups in total. The summed E-state index contributed by atoms with van der Waals surface area (Å²) in [5.41, 5.74) is 5.35. The molecule has 6 heteroatoms. The smallest absolute Gasteiger partial charge is 0.254 e. The third kappa shape index (κ3) is 3.62. The Kier molecular flexibility index (Phi) is 5.09. The topological polar surface area (TPSA) is 69.7 Å². The minimum Gasteiger partial charge on any atom is -0.339 e. The first-order chi connectivity index (χ1) is 14.0. The van der Waals surface area contributed by atoms with E-state index < -0.39 is 0 Å². The van der Waals surface area contributed by atoms with Crippen molar-refractivity contribution in [2.45, 2.75) is 32.2 Å². The van der Waals surface area contributed by atoms with Gasteiger partial charge in [0.1, 0.15) is 0 Å². The van der Waals surface area contributed by atoms with Crippen LogP contribution in [0.15, 0.2) is 36.4 Å². The van der Waals surface area contributed by atoms with Crippen LogP contribution >= 0.6 is 0 Å². The summed E-state index contributed by atoms with van der Waals surface area (Å²) < 4.78 is 0. The van der Waals surface area contributed by atoms with E-state index in [0.717, 1.165) is 29.5 Å². The number of anilines is 1. The van der Waals surface area contributed by atoms with Gasteiger partial charge in [0.25, 0.3) is 11.8 Å². The van der Waals surface area contributed by atoms with Crippen LogP contribution in [-0.4, -0.2) is 48.2 Å². The number of rotatable bonds is 4. The molecule has 0 spiro atoms. The van der Waals surface area contributed by atoms with Crippen LogP contribution < -0.4 is 5.32 Å². The quantitative estimate of drug-likeness (QED) is 0.814. The average Bonchev–Trinajstić information content (AvgIpc) is 3.02. The summed E-state index contributed by atoms with van der Waals surface area (Å²) in [4.78, 5) is 39.4. The molecule has 0 radical (unpaired) electrons. The predicted molar refractivity (Wildman–Crippen MR) is 111 cm³/mol. The van der Waals surface area contributed by atoms with Crippen molar-refractivity contribution in [1.29, 1.82) is 0 Å². The van der Waals surface area contributed by atoms with Crippen LogP contribution in [0.1, 0.15) is 56.2 Å². The van der Waals surface area contributed by atoms with E-state index in [1.807, 2.05) is 37.1 Å². The van der Waals surface area contributed by atoms with E-state index in [1.165, 1.54) is 5.56 Å². The number of piperidine rings is 1. The molecule has 2 aromatic rings. The second-order valence-corrected chi connectivity index (χ2v) is 7.94. The number of amides is 3. The summed E-state index contributed by atoms with van der Waals surface area (Å²) in [6.45, 7) is 3.96. The first-order valence-electron chi connectivity index (χ1n) is 9.96. The highest BCUT2D eigenvalue weighted by atomic mass is 16.2. The maximum absolute atomic E-state index is 12.9. The van der Waals surface area contributed by atoms with Crippen LogP contribution in [0, 0.1) is 6.92 Å². The molecule has 0 saturated carbocycles. The van der Waals surface area contributed by atoms with Gasteiger partial charge in [0.15, 0.2) is 0 Å². The molecule has 2 aliphatic heterocycles. The summed E-state index contributed by atoms with van der Waals surface area (Å²) in [7, 11) is 1.83. The molecule has 29 heavy (non-hydrogen) atoms. The second-order valence-electron chi connectivity index (χ2n) is 7.94. The standard InChI is InChI=1S/C23H25N3O3/c1-15-3-4-18(12-21(15)24-14-27)22(28)26-9-7-16(8-10-26)17-5-6-20-19(11-17)13-25(2)23(20)29/h3-6,11-12,14,16H,7-10,13H2,1-2H3,(H,24,27). The molecular formula is C23H25N3O3. The van der Waals surface area contributed by atoms with Crippen LogP contribution in [0.4, 0.5) is 5.69 Å². The molecule has 0 bridgehead atoms. The third-order valence-corrected chi connectivity index (χ3v) is 6.07. The van der Waals surface area contributed by atoms with E-state index in [4.69, 9.17) is 0 Å². The Morgan fingerprint density at radius 1 is 1.14 bits per heavy atom. The van der Waals surface area contributed by atoms with Crippen molar-refractivity contribution in [1.82, 2.24) is 9.80 Å². The van der Waals surface area contributed by atoms with Crippen molar-refractivity contribution in [3.8, 4) is 0 Å². The molecule has 1 fully saturated rings. The van der Waals surface area contributed by atoms with Crippen LogP contribution in [-0.2, 0) is 11.3 Å². The molecule has 0 aromatic heterocycles. The fourth-order valence-corrected chi connectivity index (χ4v) is 4.31. The summed E-state index contributed by atoms with van der Waals surface area (Å²) in [6.07, 6.45) is 2.43. The van der Waals surface area contributed by atoms with Crippen LogP contribution in [0.5, 0.6) is 0 Å². The molecule has 2 aromatic carbocycles. The van der Waals surface area contributed by atoms with Crippen molar-refractivity contribution in [2.75, 3.05) is 25.5 Å². The molecule has 4 rings (SSSR count). The highest BCUT2D eigenvalue weighted by Gasteiger charge is 2.28. The summed E-state index contributed by atoms with van der Waals surface area (Å²) in [6, 6.07) is 11.6. The van der Waals surface area contributed by atoms with Gasteiger partial charge >= 0.3 is 0 Å². The molecule has 3 amide bonds. The average molecular weight is 391 g/mol.